The van der Waals surface area contributed by atoms with Gasteiger partial charge in [-0.2, -0.15) is 18.2 Å². The number of carbonyl (C=O) groups excluding carboxylic acids is 1. The highest BCUT2D eigenvalue weighted by Gasteiger charge is 2.30. The van der Waals surface area contributed by atoms with Gasteiger partial charge in [0.15, 0.2) is 23.2 Å². The first-order valence-corrected chi connectivity index (χ1v) is 17.7. The maximum atomic E-state index is 13.8. The van der Waals surface area contributed by atoms with Gasteiger partial charge < -0.3 is 34.8 Å². The van der Waals surface area contributed by atoms with Gasteiger partial charge in [-0.05, 0) is 49.8 Å². The molecule has 0 aliphatic heterocycles. The molecule has 2 aromatic heterocycles. The number of benzene rings is 2. The summed E-state index contributed by atoms with van der Waals surface area (Å²) in [4.78, 5) is 62.5. The van der Waals surface area contributed by atoms with E-state index in [4.69, 9.17) is 20.4 Å². The van der Waals surface area contributed by atoms with Crippen LogP contribution in [0.3, 0.4) is 0 Å². The summed E-state index contributed by atoms with van der Waals surface area (Å²) in [7, 11) is 0. The minimum atomic E-state index is -4.43. The van der Waals surface area contributed by atoms with Crippen molar-refractivity contribution in [3.8, 4) is 11.4 Å². The second kappa shape index (κ2) is 20.4. The van der Waals surface area contributed by atoms with E-state index in [-0.39, 0.29) is 36.2 Å². The minimum absolute atomic E-state index is 0.0668. The first-order valence-electron chi connectivity index (χ1n) is 16.7. The average molecular weight is 793 g/mol. The number of hydrogen-bond donors (Lipinski definition) is 4. The normalized spacial score (nSPS) is 12.4. The molecular weight excluding hydrogens is 752 g/mol. The van der Waals surface area contributed by atoms with E-state index in [9.17, 15) is 36.7 Å². The van der Waals surface area contributed by atoms with Crippen molar-refractivity contribution < 1.29 is 52.4 Å². The molecule has 0 aliphatic rings. The van der Waals surface area contributed by atoms with Crippen LogP contribution in [0.4, 0.5) is 17.6 Å². The Hall–Kier alpha value is -5.24. The number of aliphatic hydroxyl groups is 2. The lowest BCUT2D eigenvalue weighted by Gasteiger charge is -2.27. The van der Waals surface area contributed by atoms with Crippen molar-refractivity contribution in [1.82, 2.24) is 29.3 Å². The quantitative estimate of drug-likeness (QED) is 0.0729. The number of rotatable bonds is 16. The van der Waals surface area contributed by atoms with E-state index < -0.39 is 35.9 Å². The SMILES string of the molecule is CCN(CC)CCN(Cc1cnc(-c2ccc(C(F)(F)F)cc2)nc1)C(=O)Cn1cc(C)c(=O)nc1SCc1ccc(F)cc1.O=C(O)C(O)C(O)C(=O)O. The largest absolute Gasteiger partial charge is 0.479 e. The number of carboxylic acid groups (broad SMARTS) is 2. The van der Waals surface area contributed by atoms with Crippen molar-refractivity contribution in [2.24, 2.45) is 0 Å². The third-order valence-corrected chi connectivity index (χ3v) is 9.07. The zero-order valence-electron chi connectivity index (χ0n) is 30.0. The Balaban J connectivity index is 0.000000712. The van der Waals surface area contributed by atoms with Gasteiger partial charge in [0.25, 0.3) is 5.56 Å². The highest BCUT2D eigenvalue weighted by Crippen LogP contribution is 2.30. The first-order chi connectivity index (χ1) is 25.9. The van der Waals surface area contributed by atoms with E-state index in [1.54, 1.807) is 47.1 Å². The van der Waals surface area contributed by atoms with E-state index in [0.29, 0.717) is 40.7 Å². The Bertz CT molecular complexity index is 1930. The fourth-order valence-corrected chi connectivity index (χ4v) is 5.68. The molecule has 55 heavy (non-hydrogen) atoms. The molecule has 14 nitrogen and oxygen atoms in total. The Labute approximate surface area is 317 Å². The fourth-order valence-electron chi connectivity index (χ4n) is 4.76. The highest BCUT2D eigenvalue weighted by atomic mass is 32.2. The molecule has 4 aromatic rings. The van der Waals surface area contributed by atoms with Crippen LogP contribution in [-0.4, -0.2) is 106 Å². The van der Waals surface area contributed by atoms with Crippen molar-refractivity contribution in [3.63, 3.8) is 0 Å². The summed E-state index contributed by atoms with van der Waals surface area (Å²) in [5.74, 6) is -3.39. The molecule has 2 heterocycles. The number of carbonyl (C=O) groups is 3. The van der Waals surface area contributed by atoms with Crippen LogP contribution in [0.25, 0.3) is 11.4 Å². The molecule has 0 fully saturated rings. The van der Waals surface area contributed by atoms with Crippen LogP contribution < -0.4 is 5.56 Å². The van der Waals surface area contributed by atoms with Crippen molar-refractivity contribution >= 4 is 29.6 Å². The van der Waals surface area contributed by atoms with Gasteiger partial charge in [0.05, 0.1) is 5.56 Å². The molecule has 19 heteroatoms. The number of nitrogens with zero attached hydrogens (tertiary/aromatic N) is 6. The summed E-state index contributed by atoms with van der Waals surface area (Å²) in [6.07, 6.45) is -4.23. The standard InChI is InChI=1S/C32H34F4N6O2S.C4H6O6/c1-4-40(5-2)14-15-41(19-24-16-37-29(38-17-24)25-8-10-26(11-9-25)32(34,35)36)28(43)20-42-18-22(3)30(44)39-31(42)45-21-23-6-12-27(33)13-7-23;5-1(3(7)8)2(6)4(9)10/h6-13,16-18H,4-5,14-15,19-21H2,1-3H3;1-2,5-6H,(H,7,8)(H,9,10). The average Bonchev–Trinajstić information content (AvgIpc) is 3.15. The van der Waals surface area contributed by atoms with Crippen LogP contribution >= 0.6 is 11.8 Å². The van der Waals surface area contributed by atoms with Gasteiger partial charge in [0, 0.05) is 60.7 Å². The van der Waals surface area contributed by atoms with Crippen molar-refractivity contribution in [1.29, 1.82) is 0 Å². The van der Waals surface area contributed by atoms with Gasteiger partial charge in [-0.3, -0.25) is 9.59 Å². The smallest absolute Gasteiger partial charge is 0.416 e. The molecular formula is C36H40F4N6O8S. The molecule has 0 radical (unpaired) electrons. The third kappa shape index (κ3) is 13.5. The van der Waals surface area contributed by atoms with Crippen LogP contribution in [0.2, 0.25) is 0 Å². The van der Waals surface area contributed by atoms with E-state index in [2.05, 4.69) is 19.9 Å². The molecule has 0 spiro atoms. The number of alkyl halides is 3. The van der Waals surface area contributed by atoms with Gasteiger partial charge in [-0.25, -0.2) is 23.9 Å². The Morgan fingerprint density at radius 1 is 0.873 bits per heavy atom. The summed E-state index contributed by atoms with van der Waals surface area (Å²) in [5.41, 5.74) is 1.19. The van der Waals surface area contributed by atoms with E-state index in [0.717, 1.165) is 30.8 Å². The van der Waals surface area contributed by atoms with Crippen LogP contribution in [0, 0.1) is 12.7 Å². The van der Waals surface area contributed by atoms with Crippen molar-refractivity contribution in [2.75, 3.05) is 26.2 Å². The number of halogens is 4. The molecule has 2 unspecified atom stereocenters. The van der Waals surface area contributed by atoms with Crippen LogP contribution in [0.5, 0.6) is 0 Å². The van der Waals surface area contributed by atoms with Crippen LogP contribution in [-0.2, 0) is 39.4 Å². The highest BCUT2D eigenvalue weighted by molar-refractivity contribution is 7.98. The van der Waals surface area contributed by atoms with Gasteiger partial charge in [-0.1, -0.05) is 49.9 Å². The van der Waals surface area contributed by atoms with Gasteiger partial charge in [0.1, 0.15) is 12.4 Å². The number of amides is 1. The molecule has 0 aliphatic carbocycles. The van der Waals surface area contributed by atoms with Crippen molar-refractivity contribution in [3.05, 3.63) is 106 Å². The van der Waals surface area contributed by atoms with Gasteiger partial charge in [-0.15, -0.1) is 0 Å². The second-order valence-electron chi connectivity index (χ2n) is 12.0. The van der Waals surface area contributed by atoms with Crippen LogP contribution in [0.1, 0.15) is 36.1 Å². The molecule has 296 valence electrons. The lowest BCUT2D eigenvalue weighted by atomic mass is 10.1. The second-order valence-corrected chi connectivity index (χ2v) is 12.9. The number of aliphatic hydroxyl groups excluding tert-OH is 2. The van der Waals surface area contributed by atoms with Gasteiger partial charge in [0.2, 0.25) is 5.91 Å². The van der Waals surface area contributed by atoms with Crippen molar-refractivity contribution in [2.45, 2.75) is 63.2 Å². The third-order valence-electron chi connectivity index (χ3n) is 8.00. The molecule has 0 saturated heterocycles. The molecule has 4 N–H and O–H groups in total. The van der Waals surface area contributed by atoms with E-state index in [1.165, 1.54) is 36.0 Å². The summed E-state index contributed by atoms with van der Waals surface area (Å²) in [6, 6.07) is 10.7. The summed E-state index contributed by atoms with van der Waals surface area (Å²) >= 11 is 1.28. The number of aromatic nitrogens is 4. The zero-order valence-corrected chi connectivity index (χ0v) is 30.8. The summed E-state index contributed by atoms with van der Waals surface area (Å²) in [6.45, 7) is 8.56. The molecule has 4 rings (SSSR count). The predicted octanol–water partition coefficient (Wildman–Crippen LogP) is 3.71. The minimum Gasteiger partial charge on any atom is -0.479 e. The number of carboxylic acids is 2. The molecule has 2 atom stereocenters. The Kier molecular flexibility index (Phi) is 16.4. The molecule has 0 bridgehead atoms. The predicted molar refractivity (Wildman–Crippen MR) is 192 cm³/mol. The van der Waals surface area contributed by atoms with E-state index in [1.807, 2.05) is 13.8 Å². The maximum Gasteiger partial charge on any atom is 0.416 e. The summed E-state index contributed by atoms with van der Waals surface area (Å²) < 4.78 is 53.8. The fraction of sp³-hybridized carbons (Fsp3) is 0.361. The molecule has 1 amide bonds. The zero-order chi connectivity index (χ0) is 40.9. The topological polar surface area (TPSA) is 199 Å². The first kappa shape index (κ1) is 44.2. The monoisotopic (exact) mass is 792 g/mol. The summed E-state index contributed by atoms with van der Waals surface area (Å²) in [5, 5.41) is 32.9. The number of thioether (sulfide) groups is 1. The lowest BCUT2D eigenvalue weighted by Crippen LogP contribution is -2.40. The lowest BCUT2D eigenvalue weighted by molar-refractivity contribution is -0.165. The maximum absolute atomic E-state index is 13.8. The number of aryl methyl sites for hydroxylation is 1. The molecule has 0 saturated carbocycles. The number of aliphatic carboxylic acids is 2. The molecule has 2 aromatic carbocycles. The Morgan fingerprint density at radius 2 is 1.44 bits per heavy atom. The number of likely N-dealkylation sites (N-methyl/N-ethyl adjacent to an activating group) is 1. The van der Waals surface area contributed by atoms with Gasteiger partial charge >= 0.3 is 18.1 Å². The number of hydrogen-bond acceptors (Lipinski definition) is 11. The Morgan fingerprint density at radius 3 is 1.95 bits per heavy atom. The van der Waals surface area contributed by atoms with Crippen LogP contribution in [0.15, 0.2) is 77.1 Å². The van der Waals surface area contributed by atoms with E-state index >= 15 is 0 Å².